The molecule has 1 heterocycles. The van der Waals surface area contributed by atoms with Gasteiger partial charge in [-0.3, -0.25) is 9.10 Å². The van der Waals surface area contributed by atoms with Crippen molar-refractivity contribution < 1.29 is 13.2 Å². The minimum atomic E-state index is -3.86. The summed E-state index contributed by atoms with van der Waals surface area (Å²) in [4.78, 5) is 14.9. The molecule has 0 bridgehead atoms. The van der Waals surface area contributed by atoms with Gasteiger partial charge in [0.1, 0.15) is 0 Å². The average Bonchev–Trinajstić information content (AvgIpc) is 3.21. The lowest BCUT2D eigenvalue weighted by atomic mass is 10.1. The fourth-order valence-corrected chi connectivity index (χ4v) is 5.16. The molecular weight excluding hydrogens is 396 g/mol. The minimum absolute atomic E-state index is 0.0755. The molecule has 3 aromatic rings. The zero-order valence-electron chi connectivity index (χ0n) is 16.4. The van der Waals surface area contributed by atoms with Crippen molar-refractivity contribution in [3.05, 3.63) is 103 Å². The van der Waals surface area contributed by atoms with Gasteiger partial charge in [0.05, 0.1) is 17.1 Å². The summed E-state index contributed by atoms with van der Waals surface area (Å²) < 4.78 is 28.0. The minimum Gasteiger partial charge on any atom is -0.308 e. The molecule has 4 rings (SSSR count). The van der Waals surface area contributed by atoms with E-state index < -0.39 is 10.0 Å². The van der Waals surface area contributed by atoms with Gasteiger partial charge in [0, 0.05) is 17.8 Å². The lowest BCUT2D eigenvalue weighted by Gasteiger charge is -2.23. The molecule has 0 radical (unpaired) electrons. The summed E-state index contributed by atoms with van der Waals surface area (Å²) in [5.41, 5.74) is 2.89. The van der Waals surface area contributed by atoms with Crippen LogP contribution in [0, 0.1) is 0 Å². The number of para-hydroxylation sites is 2. The highest BCUT2D eigenvalue weighted by molar-refractivity contribution is 7.92. The Morgan fingerprint density at radius 3 is 2.50 bits per heavy atom. The van der Waals surface area contributed by atoms with Crippen LogP contribution in [0.25, 0.3) is 0 Å². The summed E-state index contributed by atoms with van der Waals surface area (Å²) in [7, 11) is -3.86. The fourth-order valence-electron chi connectivity index (χ4n) is 3.68. The van der Waals surface area contributed by atoms with E-state index in [1.54, 1.807) is 47.4 Å². The van der Waals surface area contributed by atoms with Crippen LogP contribution in [0.3, 0.4) is 0 Å². The molecule has 0 N–H and O–H groups in total. The van der Waals surface area contributed by atoms with Gasteiger partial charge in [0.25, 0.3) is 15.9 Å². The highest BCUT2D eigenvalue weighted by atomic mass is 32.2. The van der Waals surface area contributed by atoms with Gasteiger partial charge in [-0.1, -0.05) is 48.5 Å². The summed E-state index contributed by atoms with van der Waals surface area (Å²) in [5, 5.41) is 0. The van der Waals surface area contributed by atoms with E-state index in [-0.39, 0.29) is 17.3 Å². The molecule has 0 aromatic heterocycles. The number of anilines is 2. The highest BCUT2D eigenvalue weighted by Gasteiger charge is 2.28. The molecule has 6 heteroatoms. The van der Waals surface area contributed by atoms with Crippen LogP contribution in [0.4, 0.5) is 11.4 Å². The molecule has 0 spiro atoms. The molecule has 0 atom stereocenters. The summed E-state index contributed by atoms with van der Waals surface area (Å²) in [6, 6.07) is 22.9. The number of hydrogen-bond acceptors (Lipinski definition) is 3. The monoisotopic (exact) mass is 418 g/mol. The van der Waals surface area contributed by atoms with E-state index in [2.05, 4.69) is 6.58 Å². The Hall–Kier alpha value is -3.38. The summed E-state index contributed by atoms with van der Waals surface area (Å²) in [6.45, 7) is 4.40. The van der Waals surface area contributed by atoms with Crippen LogP contribution in [-0.2, 0) is 16.4 Å². The van der Waals surface area contributed by atoms with Crippen LogP contribution < -0.4 is 9.21 Å². The van der Waals surface area contributed by atoms with Gasteiger partial charge < -0.3 is 4.90 Å². The lowest BCUT2D eigenvalue weighted by molar-refractivity contribution is 0.0989. The van der Waals surface area contributed by atoms with Crippen molar-refractivity contribution >= 4 is 27.3 Å². The van der Waals surface area contributed by atoms with Crippen molar-refractivity contribution in [3.8, 4) is 0 Å². The van der Waals surface area contributed by atoms with Gasteiger partial charge in [-0.05, 0) is 48.4 Å². The molecule has 1 amide bonds. The molecule has 0 saturated carbocycles. The van der Waals surface area contributed by atoms with Crippen LogP contribution in [0.1, 0.15) is 15.9 Å². The van der Waals surface area contributed by atoms with Crippen molar-refractivity contribution in [1.29, 1.82) is 0 Å². The van der Waals surface area contributed by atoms with E-state index in [0.29, 0.717) is 17.8 Å². The third kappa shape index (κ3) is 3.62. The predicted octanol–water partition coefficient (Wildman–Crippen LogP) is 4.27. The molecule has 1 aliphatic heterocycles. The van der Waals surface area contributed by atoms with Crippen molar-refractivity contribution in [2.45, 2.75) is 11.3 Å². The number of hydrogen-bond donors (Lipinski definition) is 0. The molecule has 0 saturated heterocycles. The molecule has 0 aliphatic carbocycles. The molecule has 0 unspecified atom stereocenters. The Morgan fingerprint density at radius 1 is 1.00 bits per heavy atom. The maximum atomic E-state index is 13.4. The molecule has 0 fully saturated rings. The average molecular weight is 419 g/mol. The maximum absolute atomic E-state index is 13.4. The Morgan fingerprint density at radius 2 is 1.73 bits per heavy atom. The Kier molecular flexibility index (Phi) is 5.42. The first-order valence-corrected chi connectivity index (χ1v) is 11.1. The number of rotatable bonds is 6. The van der Waals surface area contributed by atoms with Crippen LogP contribution in [0.15, 0.2) is 96.4 Å². The second kappa shape index (κ2) is 8.16. The fraction of sp³-hybridized carbons (Fsp3) is 0.125. The first-order valence-electron chi connectivity index (χ1n) is 9.71. The van der Waals surface area contributed by atoms with Gasteiger partial charge in [0.2, 0.25) is 0 Å². The van der Waals surface area contributed by atoms with Crippen LogP contribution in [0.5, 0.6) is 0 Å². The standard InChI is InChI=1S/C24H22N2O3S/c1-2-16-26(21-11-4-3-5-12-21)30(28,29)22-13-8-10-20(18-22)24(27)25-17-15-19-9-6-7-14-23(19)25/h2-14,18H,1,15-17H2. The van der Waals surface area contributed by atoms with Gasteiger partial charge in [-0.2, -0.15) is 0 Å². The molecule has 30 heavy (non-hydrogen) atoms. The predicted molar refractivity (Wildman–Crippen MR) is 119 cm³/mol. The van der Waals surface area contributed by atoms with Crippen molar-refractivity contribution in [1.82, 2.24) is 0 Å². The second-order valence-electron chi connectivity index (χ2n) is 7.02. The number of carbonyl (C=O) groups excluding carboxylic acids is 1. The van der Waals surface area contributed by atoms with E-state index in [9.17, 15) is 13.2 Å². The van der Waals surface area contributed by atoms with Gasteiger partial charge >= 0.3 is 0 Å². The summed E-state index contributed by atoms with van der Waals surface area (Å²) >= 11 is 0. The molecule has 3 aromatic carbocycles. The topological polar surface area (TPSA) is 57.7 Å². The summed E-state index contributed by atoms with van der Waals surface area (Å²) in [5.74, 6) is -0.202. The van der Waals surface area contributed by atoms with Crippen LogP contribution in [-0.4, -0.2) is 27.4 Å². The zero-order valence-corrected chi connectivity index (χ0v) is 17.3. The number of benzene rings is 3. The number of nitrogens with zero attached hydrogens (tertiary/aromatic N) is 2. The second-order valence-corrected chi connectivity index (χ2v) is 8.89. The van der Waals surface area contributed by atoms with E-state index in [1.165, 1.54) is 16.4 Å². The Balaban J connectivity index is 1.69. The Bertz CT molecular complexity index is 1190. The third-order valence-electron chi connectivity index (χ3n) is 5.14. The quantitative estimate of drug-likeness (QED) is 0.562. The highest BCUT2D eigenvalue weighted by Crippen LogP contribution is 2.30. The Labute approximate surface area is 176 Å². The van der Waals surface area contributed by atoms with E-state index >= 15 is 0 Å². The molecule has 5 nitrogen and oxygen atoms in total. The van der Waals surface area contributed by atoms with Crippen LogP contribution in [0.2, 0.25) is 0 Å². The first-order chi connectivity index (χ1) is 14.5. The molecular formula is C24H22N2O3S. The normalized spacial score (nSPS) is 13.0. The largest absolute Gasteiger partial charge is 0.308 e. The number of sulfonamides is 1. The number of amides is 1. The van der Waals surface area contributed by atoms with E-state index in [1.807, 2.05) is 30.3 Å². The van der Waals surface area contributed by atoms with Gasteiger partial charge in [-0.15, -0.1) is 6.58 Å². The van der Waals surface area contributed by atoms with Crippen LogP contribution >= 0.6 is 0 Å². The smallest absolute Gasteiger partial charge is 0.264 e. The van der Waals surface area contributed by atoms with Gasteiger partial charge in [-0.25, -0.2) is 8.42 Å². The van der Waals surface area contributed by atoms with Crippen molar-refractivity contribution in [2.75, 3.05) is 22.3 Å². The van der Waals surface area contributed by atoms with Crippen molar-refractivity contribution in [3.63, 3.8) is 0 Å². The maximum Gasteiger partial charge on any atom is 0.264 e. The number of carbonyl (C=O) groups is 1. The van der Waals surface area contributed by atoms with Gasteiger partial charge in [0.15, 0.2) is 0 Å². The SMILES string of the molecule is C=CCN(c1ccccc1)S(=O)(=O)c1cccc(C(=O)N2CCc3ccccc32)c1. The first kappa shape index (κ1) is 19.9. The number of fused-ring (bicyclic) bond motifs is 1. The van der Waals surface area contributed by atoms with Crippen molar-refractivity contribution in [2.24, 2.45) is 0 Å². The zero-order chi connectivity index (χ0) is 21.1. The summed E-state index contributed by atoms with van der Waals surface area (Å²) in [6.07, 6.45) is 2.34. The molecule has 152 valence electrons. The molecule has 1 aliphatic rings. The van der Waals surface area contributed by atoms with E-state index in [0.717, 1.165) is 17.7 Å². The van der Waals surface area contributed by atoms with E-state index in [4.69, 9.17) is 0 Å². The lowest BCUT2D eigenvalue weighted by Crippen LogP contribution is -2.32. The third-order valence-corrected chi connectivity index (χ3v) is 6.93.